The van der Waals surface area contributed by atoms with E-state index < -0.39 is 17.4 Å². The smallest absolute Gasteiger partial charge is 0.335 e. The van der Waals surface area contributed by atoms with Crippen LogP contribution in [-0.2, 0) is 11.2 Å². The Bertz CT molecular complexity index is 658. The molecule has 6 nitrogen and oxygen atoms in total. The average Bonchev–Trinajstić information content (AvgIpc) is 2.68. The second kappa shape index (κ2) is 4.38. The third kappa shape index (κ3) is 2.57. The number of imidazole rings is 1. The number of fused-ring (bicyclic) bond motifs is 1. The predicted molar refractivity (Wildman–Crippen MR) is 68.2 cm³/mol. The molecule has 0 atom stereocenters. The van der Waals surface area contributed by atoms with Gasteiger partial charge in [-0.05, 0) is 32.0 Å². The number of aliphatic carboxylic acids is 1. The Kier molecular flexibility index (Phi) is 3.01. The van der Waals surface area contributed by atoms with E-state index in [-0.39, 0.29) is 12.0 Å². The molecule has 19 heavy (non-hydrogen) atoms. The van der Waals surface area contributed by atoms with Gasteiger partial charge in [0.25, 0.3) is 0 Å². The largest absolute Gasteiger partial charge is 0.481 e. The summed E-state index contributed by atoms with van der Waals surface area (Å²) in [5.41, 5.74) is 0.459. The van der Waals surface area contributed by atoms with E-state index in [4.69, 9.17) is 10.2 Å². The maximum atomic E-state index is 11.1. The molecule has 0 aliphatic carbocycles. The number of carbonyl (C=O) groups is 2. The van der Waals surface area contributed by atoms with Gasteiger partial charge in [0.05, 0.1) is 22.0 Å². The topological polar surface area (TPSA) is 103 Å². The van der Waals surface area contributed by atoms with E-state index in [1.165, 1.54) is 12.1 Å². The van der Waals surface area contributed by atoms with Crippen LogP contribution in [0.1, 0.15) is 30.0 Å². The molecule has 0 fully saturated rings. The number of aromatic nitrogens is 2. The molecule has 0 aliphatic heterocycles. The molecule has 1 aromatic heterocycles. The van der Waals surface area contributed by atoms with E-state index in [1.807, 2.05) is 0 Å². The zero-order valence-corrected chi connectivity index (χ0v) is 10.6. The minimum atomic E-state index is -1.01. The van der Waals surface area contributed by atoms with Gasteiger partial charge in [0.2, 0.25) is 0 Å². The van der Waals surface area contributed by atoms with E-state index in [0.717, 1.165) is 0 Å². The first-order chi connectivity index (χ1) is 8.79. The summed E-state index contributed by atoms with van der Waals surface area (Å²) in [6, 6.07) is 4.56. The van der Waals surface area contributed by atoms with Crippen molar-refractivity contribution in [3.8, 4) is 0 Å². The highest BCUT2D eigenvalue weighted by Gasteiger charge is 2.28. The highest BCUT2D eigenvalue weighted by molar-refractivity contribution is 5.92. The van der Waals surface area contributed by atoms with Crippen molar-refractivity contribution in [2.45, 2.75) is 20.3 Å². The SMILES string of the molecule is CC(C)(Cc1nc2ccc(C(=O)O)cc2[nH]1)C(=O)O. The maximum Gasteiger partial charge on any atom is 0.335 e. The zero-order chi connectivity index (χ0) is 14.2. The Morgan fingerprint density at radius 2 is 2.00 bits per heavy atom. The van der Waals surface area contributed by atoms with Gasteiger partial charge in [-0.15, -0.1) is 0 Å². The van der Waals surface area contributed by atoms with Gasteiger partial charge in [0.15, 0.2) is 0 Å². The van der Waals surface area contributed by atoms with Gasteiger partial charge in [0, 0.05) is 6.42 Å². The highest BCUT2D eigenvalue weighted by atomic mass is 16.4. The third-order valence-corrected chi connectivity index (χ3v) is 2.97. The average molecular weight is 262 g/mol. The van der Waals surface area contributed by atoms with Crippen LogP contribution in [0.2, 0.25) is 0 Å². The van der Waals surface area contributed by atoms with Gasteiger partial charge < -0.3 is 15.2 Å². The lowest BCUT2D eigenvalue weighted by atomic mass is 9.89. The molecule has 0 saturated heterocycles. The minimum Gasteiger partial charge on any atom is -0.481 e. The fraction of sp³-hybridized carbons (Fsp3) is 0.308. The molecule has 0 amide bonds. The van der Waals surface area contributed by atoms with Crippen molar-refractivity contribution in [3.05, 3.63) is 29.6 Å². The summed E-state index contributed by atoms with van der Waals surface area (Å²) in [4.78, 5) is 29.2. The van der Waals surface area contributed by atoms with E-state index in [0.29, 0.717) is 16.9 Å². The van der Waals surface area contributed by atoms with Crippen LogP contribution < -0.4 is 0 Å². The Labute approximate surface area is 109 Å². The monoisotopic (exact) mass is 262 g/mol. The second-order valence-electron chi connectivity index (χ2n) is 5.09. The Morgan fingerprint density at radius 3 is 2.58 bits per heavy atom. The molecule has 3 N–H and O–H groups in total. The quantitative estimate of drug-likeness (QED) is 0.781. The highest BCUT2D eigenvalue weighted by Crippen LogP contribution is 2.22. The van der Waals surface area contributed by atoms with Crippen LogP contribution in [0, 0.1) is 5.41 Å². The number of hydrogen-bond donors (Lipinski definition) is 3. The summed E-state index contributed by atoms with van der Waals surface area (Å²) in [7, 11) is 0. The Morgan fingerprint density at radius 1 is 1.32 bits per heavy atom. The summed E-state index contributed by atoms with van der Waals surface area (Å²) >= 11 is 0. The fourth-order valence-electron chi connectivity index (χ4n) is 1.77. The molecule has 100 valence electrons. The van der Waals surface area contributed by atoms with Crippen molar-refractivity contribution in [2.75, 3.05) is 0 Å². The number of nitrogens with one attached hydrogen (secondary N) is 1. The Hall–Kier alpha value is -2.37. The number of aromatic amines is 1. The minimum absolute atomic E-state index is 0.167. The van der Waals surface area contributed by atoms with Crippen LogP contribution >= 0.6 is 0 Å². The van der Waals surface area contributed by atoms with E-state index >= 15 is 0 Å². The number of nitrogens with zero attached hydrogens (tertiary/aromatic N) is 1. The number of benzene rings is 1. The maximum absolute atomic E-state index is 11.1. The summed E-state index contributed by atoms with van der Waals surface area (Å²) < 4.78 is 0. The standard InChI is InChI=1S/C13H14N2O4/c1-13(2,12(18)19)6-10-14-8-4-3-7(11(16)17)5-9(8)15-10/h3-5H,6H2,1-2H3,(H,14,15)(H,16,17)(H,18,19). The van der Waals surface area contributed by atoms with Crippen molar-refractivity contribution in [1.29, 1.82) is 0 Å². The molecule has 0 spiro atoms. The molecule has 1 heterocycles. The summed E-state index contributed by atoms with van der Waals surface area (Å²) in [6.07, 6.45) is 0.249. The van der Waals surface area contributed by atoms with Crippen LogP contribution in [0.25, 0.3) is 11.0 Å². The van der Waals surface area contributed by atoms with Gasteiger partial charge >= 0.3 is 11.9 Å². The number of carboxylic acid groups (broad SMARTS) is 2. The predicted octanol–water partition coefficient (Wildman–Crippen LogP) is 1.91. The number of H-pyrrole nitrogens is 1. The molecule has 0 bridgehead atoms. The van der Waals surface area contributed by atoms with Crippen LogP contribution in [0.5, 0.6) is 0 Å². The van der Waals surface area contributed by atoms with Crippen LogP contribution in [0.3, 0.4) is 0 Å². The zero-order valence-electron chi connectivity index (χ0n) is 10.6. The van der Waals surface area contributed by atoms with Gasteiger partial charge in [-0.2, -0.15) is 0 Å². The van der Waals surface area contributed by atoms with Gasteiger partial charge in [-0.1, -0.05) is 0 Å². The first kappa shape index (κ1) is 13.1. The Balaban J connectivity index is 2.37. The molecule has 0 saturated carbocycles. The first-order valence-corrected chi connectivity index (χ1v) is 5.75. The molecule has 2 aromatic rings. The number of carboxylic acids is 2. The van der Waals surface area contributed by atoms with E-state index in [9.17, 15) is 9.59 Å². The molecule has 6 heteroatoms. The lowest BCUT2D eigenvalue weighted by Crippen LogP contribution is -2.26. The first-order valence-electron chi connectivity index (χ1n) is 5.75. The molecule has 1 aromatic carbocycles. The van der Waals surface area contributed by atoms with Crippen molar-refractivity contribution >= 4 is 23.0 Å². The molecule has 2 rings (SSSR count). The van der Waals surface area contributed by atoms with Crippen molar-refractivity contribution < 1.29 is 19.8 Å². The van der Waals surface area contributed by atoms with Crippen LogP contribution in [0.15, 0.2) is 18.2 Å². The molecular weight excluding hydrogens is 248 g/mol. The number of rotatable bonds is 4. The van der Waals surface area contributed by atoms with E-state index in [1.54, 1.807) is 19.9 Å². The summed E-state index contributed by atoms with van der Waals surface area (Å²) in [5.74, 6) is -1.38. The number of hydrogen-bond acceptors (Lipinski definition) is 3. The van der Waals surface area contributed by atoms with Gasteiger partial charge in [-0.3, -0.25) is 4.79 Å². The molecular formula is C13H14N2O4. The van der Waals surface area contributed by atoms with Gasteiger partial charge in [-0.25, -0.2) is 9.78 Å². The fourth-order valence-corrected chi connectivity index (χ4v) is 1.77. The van der Waals surface area contributed by atoms with Gasteiger partial charge in [0.1, 0.15) is 5.82 Å². The summed E-state index contributed by atoms with van der Waals surface area (Å²) in [6.45, 7) is 3.23. The second-order valence-corrected chi connectivity index (χ2v) is 5.09. The van der Waals surface area contributed by atoms with Crippen LogP contribution in [-0.4, -0.2) is 32.1 Å². The molecule has 0 radical (unpaired) electrons. The van der Waals surface area contributed by atoms with Crippen LogP contribution in [0.4, 0.5) is 0 Å². The van der Waals surface area contributed by atoms with E-state index in [2.05, 4.69) is 9.97 Å². The van der Waals surface area contributed by atoms with Crippen molar-refractivity contribution in [3.63, 3.8) is 0 Å². The number of aromatic carboxylic acids is 1. The summed E-state index contributed by atoms with van der Waals surface area (Å²) in [5, 5.41) is 18.0. The normalized spacial score (nSPS) is 11.7. The van der Waals surface area contributed by atoms with Crippen molar-refractivity contribution in [1.82, 2.24) is 9.97 Å². The molecule has 0 unspecified atom stereocenters. The lowest BCUT2D eigenvalue weighted by molar-refractivity contribution is -0.146. The molecule has 0 aliphatic rings. The lowest BCUT2D eigenvalue weighted by Gasteiger charge is -2.16. The third-order valence-electron chi connectivity index (χ3n) is 2.97. The van der Waals surface area contributed by atoms with Crippen molar-refractivity contribution in [2.24, 2.45) is 5.41 Å².